The summed E-state index contributed by atoms with van der Waals surface area (Å²) in [5, 5.41) is 0. The summed E-state index contributed by atoms with van der Waals surface area (Å²) in [6.07, 6.45) is 7.35. The van der Waals surface area contributed by atoms with Crippen LogP contribution in [-0.2, 0) is 0 Å². The van der Waals surface area contributed by atoms with E-state index >= 15 is 0 Å². The molecule has 0 spiro atoms. The van der Waals surface area contributed by atoms with E-state index in [4.69, 9.17) is 0 Å². The SMILES string of the molecule is CC1CCCC1N(C)CC1CC1. The molecule has 0 heterocycles. The smallest absolute Gasteiger partial charge is 0.0118 e. The Bertz CT molecular complexity index is 151. The van der Waals surface area contributed by atoms with Crippen molar-refractivity contribution in [1.29, 1.82) is 0 Å². The molecule has 2 aliphatic carbocycles. The molecule has 0 aliphatic heterocycles. The van der Waals surface area contributed by atoms with E-state index in [9.17, 15) is 0 Å². The highest BCUT2D eigenvalue weighted by atomic mass is 15.1. The van der Waals surface area contributed by atoms with Crippen LogP contribution in [0.25, 0.3) is 0 Å². The van der Waals surface area contributed by atoms with Gasteiger partial charge in [-0.3, -0.25) is 0 Å². The van der Waals surface area contributed by atoms with E-state index in [2.05, 4.69) is 18.9 Å². The summed E-state index contributed by atoms with van der Waals surface area (Å²) in [6.45, 7) is 3.79. The zero-order chi connectivity index (χ0) is 8.55. The van der Waals surface area contributed by atoms with E-state index in [1.165, 1.54) is 38.6 Å². The molecule has 1 heteroatoms. The lowest BCUT2D eigenvalue weighted by molar-refractivity contribution is 0.198. The van der Waals surface area contributed by atoms with E-state index in [0.717, 1.165) is 17.9 Å². The largest absolute Gasteiger partial charge is 0.303 e. The van der Waals surface area contributed by atoms with Crippen molar-refractivity contribution in [2.75, 3.05) is 13.6 Å². The van der Waals surface area contributed by atoms with Gasteiger partial charge in [0.1, 0.15) is 0 Å². The zero-order valence-electron chi connectivity index (χ0n) is 8.42. The summed E-state index contributed by atoms with van der Waals surface area (Å²) in [5.41, 5.74) is 0. The van der Waals surface area contributed by atoms with Crippen LogP contribution in [0.3, 0.4) is 0 Å². The highest BCUT2D eigenvalue weighted by Gasteiger charge is 2.30. The number of nitrogens with zero attached hydrogens (tertiary/aromatic N) is 1. The lowest BCUT2D eigenvalue weighted by Crippen LogP contribution is -2.34. The first-order valence-corrected chi connectivity index (χ1v) is 5.47. The highest BCUT2D eigenvalue weighted by Crippen LogP contribution is 2.34. The summed E-state index contributed by atoms with van der Waals surface area (Å²) < 4.78 is 0. The van der Waals surface area contributed by atoms with Gasteiger partial charge in [0, 0.05) is 12.6 Å². The van der Waals surface area contributed by atoms with Gasteiger partial charge in [-0.2, -0.15) is 0 Å². The maximum absolute atomic E-state index is 2.62. The Morgan fingerprint density at radius 3 is 2.42 bits per heavy atom. The number of hydrogen-bond donors (Lipinski definition) is 0. The molecule has 0 amide bonds. The van der Waals surface area contributed by atoms with Gasteiger partial charge in [-0.05, 0) is 44.6 Å². The van der Waals surface area contributed by atoms with Crippen molar-refractivity contribution in [3.8, 4) is 0 Å². The predicted octanol–water partition coefficient (Wildman–Crippen LogP) is 2.52. The molecule has 2 unspecified atom stereocenters. The second kappa shape index (κ2) is 3.37. The van der Waals surface area contributed by atoms with Crippen molar-refractivity contribution >= 4 is 0 Å². The first kappa shape index (κ1) is 8.55. The molecule has 2 fully saturated rings. The van der Waals surface area contributed by atoms with Gasteiger partial charge in [-0.25, -0.2) is 0 Å². The third kappa shape index (κ3) is 1.82. The molecule has 0 aromatic carbocycles. The molecule has 0 bridgehead atoms. The van der Waals surface area contributed by atoms with Crippen molar-refractivity contribution < 1.29 is 0 Å². The minimum absolute atomic E-state index is 0.908. The van der Waals surface area contributed by atoms with Gasteiger partial charge < -0.3 is 4.90 Å². The van der Waals surface area contributed by atoms with Gasteiger partial charge >= 0.3 is 0 Å². The molecule has 0 N–H and O–H groups in total. The molecule has 0 aromatic rings. The quantitative estimate of drug-likeness (QED) is 0.624. The molecule has 0 radical (unpaired) electrons. The summed E-state index contributed by atoms with van der Waals surface area (Å²) in [4.78, 5) is 2.62. The van der Waals surface area contributed by atoms with E-state index in [1.54, 1.807) is 0 Å². The summed E-state index contributed by atoms with van der Waals surface area (Å²) in [7, 11) is 2.32. The van der Waals surface area contributed by atoms with E-state index in [0.29, 0.717) is 0 Å². The fourth-order valence-electron chi connectivity index (χ4n) is 2.62. The van der Waals surface area contributed by atoms with Crippen LogP contribution in [0.15, 0.2) is 0 Å². The summed E-state index contributed by atoms with van der Waals surface area (Å²) in [5.74, 6) is 2.01. The third-order valence-corrected chi connectivity index (χ3v) is 3.63. The molecule has 0 aromatic heterocycles. The Labute approximate surface area is 76.1 Å². The van der Waals surface area contributed by atoms with Crippen LogP contribution in [-0.4, -0.2) is 24.5 Å². The molecule has 1 nitrogen and oxygen atoms in total. The van der Waals surface area contributed by atoms with Gasteiger partial charge in [-0.15, -0.1) is 0 Å². The molecule has 2 saturated carbocycles. The Hall–Kier alpha value is -0.0400. The van der Waals surface area contributed by atoms with E-state index in [-0.39, 0.29) is 0 Å². The van der Waals surface area contributed by atoms with Crippen LogP contribution in [0.1, 0.15) is 39.0 Å². The second-order valence-corrected chi connectivity index (χ2v) is 4.86. The summed E-state index contributed by atoms with van der Waals surface area (Å²) >= 11 is 0. The lowest BCUT2D eigenvalue weighted by Gasteiger charge is -2.27. The van der Waals surface area contributed by atoms with Crippen LogP contribution >= 0.6 is 0 Å². The maximum Gasteiger partial charge on any atom is 0.0118 e. The fourth-order valence-corrected chi connectivity index (χ4v) is 2.62. The summed E-state index contributed by atoms with van der Waals surface area (Å²) in [6, 6.07) is 0.908. The van der Waals surface area contributed by atoms with Crippen LogP contribution in [0.5, 0.6) is 0 Å². The van der Waals surface area contributed by atoms with Crippen molar-refractivity contribution in [3.63, 3.8) is 0 Å². The van der Waals surface area contributed by atoms with Gasteiger partial charge in [-0.1, -0.05) is 13.3 Å². The minimum Gasteiger partial charge on any atom is -0.303 e. The van der Waals surface area contributed by atoms with E-state index < -0.39 is 0 Å². The first-order chi connectivity index (χ1) is 5.77. The molecule has 0 saturated heterocycles. The average Bonchev–Trinajstić information content (AvgIpc) is 2.72. The number of hydrogen-bond acceptors (Lipinski definition) is 1. The van der Waals surface area contributed by atoms with Crippen LogP contribution < -0.4 is 0 Å². The molecule has 2 atom stereocenters. The Morgan fingerprint density at radius 2 is 1.92 bits per heavy atom. The third-order valence-electron chi connectivity index (χ3n) is 3.63. The van der Waals surface area contributed by atoms with Gasteiger partial charge in [0.05, 0.1) is 0 Å². The van der Waals surface area contributed by atoms with Gasteiger partial charge in [0.15, 0.2) is 0 Å². The normalized spacial score (nSPS) is 36.2. The fraction of sp³-hybridized carbons (Fsp3) is 1.00. The minimum atomic E-state index is 0.908. The van der Waals surface area contributed by atoms with Crippen LogP contribution in [0.2, 0.25) is 0 Å². The Balaban J connectivity index is 1.80. The molecule has 70 valence electrons. The van der Waals surface area contributed by atoms with E-state index in [1.807, 2.05) is 0 Å². The monoisotopic (exact) mass is 167 g/mol. The van der Waals surface area contributed by atoms with Gasteiger partial charge in [0.25, 0.3) is 0 Å². The molecule has 12 heavy (non-hydrogen) atoms. The Kier molecular flexibility index (Phi) is 2.40. The van der Waals surface area contributed by atoms with Crippen molar-refractivity contribution in [2.24, 2.45) is 11.8 Å². The molecule has 2 rings (SSSR count). The molecular formula is C11H21N. The molecule has 2 aliphatic rings. The van der Waals surface area contributed by atoms with Crippen LogP contribution in [0.4, 0.5) is 0 Å². The van der Waals surface area contributed by atoms with Crippen molar-refractivity contribution in [3.05, 3.63) is 0 Å². The standard InChI is InChI=1S/C11H21N/c1-9-4-3-5-11(9)12(2)8-10-6-7-10/h9-11H,3-8H2,1-2H3. The predicted molar refractivity (Wildman–Crippen MR) is 52.2 cm³/mol. The average molecular weight is 167 g/mol. The first-order valence-electron chi connectivity index (χ1n) is 5.47. The number of rotatable bonds is 3. The highest BCUT2D eigenvalue weighted by molar-refractivity contribution is 4.85. The van der Waals surface area contributed by atoms with Crippen molar-refractivity contribution in [2.45, 2.75) is 45.1 Å². The Morgan fingerprint density at radius 1 is 1.17 bits per heavy atom. The zero-order valence-corrected chi connectivity index (χ0v) is 8.42. The molecular weight excluding hydrogens is 146 g/mol. The lowest BCUT2D eigenvalue weighted by atomic mass is 10.1. The maximum atomic E-state index is 2.62. The second-order valence-electron chi connectivity index (χ2n) is 4.86. The van der Waals surface area contributed by atoms with Crippen LogP contribution in [0, 0.1) is 11.8 Å². The topological polar surface area (TPSA) is 3.24 Å². The van der Waals surface area contributed by atoms with Crippen molar-refractivity contribution in [1.82, 2.24) is 4.90 Å². The van der Waals surface area contributed by atoms with Gasteiger partial charge in [0.2, 0.25) is 0 Å².